The topological polar surface area (TPSA) is 29.2 Å². The second-order valence-corrected chi connectivity index (χ2v) is 33.9. The largest absolute Gasteiger partial charge is 0.311 e. The van der Waals surface area contributed by atoms with Crippen LogP contribution in [0.4, 0.5) is 154 Å². The van der Waals surface area contributed by atoms with Crippen LogP contribution in [0.3, 0.4) is 0 Å². The molecule has 27 rings (SSSR count). The molecule has 0 atom stereocenters. The first kappa shape index (κ1) is 63.2. The molecule has 0 saturated carbocycles. The van der Waals surface area contributed by atoms with Crippen LogP contribution in [-0.2, 0) is 0 Å². The van der Waals surface area contributed by atoms with Gasteiger partial charge in [-0.3, -0.25) is 0 Å². The van der Waals surface area contributed by atoms with E-state index in [2.05, 4.69) is 219 Å². The summed E-state index contributed by atoms with van der Waals surface area (Å²) in [4.78, 5) is 18.2. The minimum absolute atomic E-state index is 0.0413. The summed E-state index contributed by atoms with van der Waals surface area (Å²) in [7, 11) is 0. The second kappa shape index (κ2) is 35.5. The molecule has 6 aliphatic rings. The number of rotatable bonds is 15. The Hall–Kier alpha value is -18.0. The summed E-state index contributed by atoms with van der Waals surface area (Å²) in [6.07, 6.45) is 0. The molecule has 12 heteroatoms. The van der Waals surface area contributed by atoms with Crippen molar-refractivity contribution in [2.24, 2.45) is 0 Å². The molecule has 21 aromatic rings. The van der Waals surface area contributed by atoms with Crippen molar-refractivity contribution < 1.29 is 27.4 Å². The average Bonchev–Trinajstić information content (AvgIpc) is 0.699. The number of hydrogen-bond donors (Lipinski definition) is 0. The number of para-hydroxylation sites is 18. The van der Waals surface area contributed by atoms with Crippen molar-refractivity contribution in [3.8, 4) is 0 Å². The standard InChI is InChI=1S/3C42H30BN3/c3*1-5-17-31(18-6-1)44(32-19-7-2-8-20-32)35-29-40-42-41(30-35)46(34-23-11-4-12-24-34)39-28-16-14-26-37(39)43(42)36-25-13-15-27-38(36)45(40)33-21-9-3-10-22-33/h3*1-30H/i3D,4D,9D,10D,11D,12D,21D,22D,23D,24D;1D,2D,5D,6D,7D,8D,17D,18D,19D,20D;. The minimum atomic E-state index is -0.627. The first-order valence-electron chi connectivity index (χ1n) is 55.8. The zero-order valence-electron chi connectivity index (χ0n) is 94.2. The zero-order valence-corrected chi connectivity index (χ0v) is 74.2. The van der Waals surface area contributed by atoms with Gasteiger partial charge in [0.1, 0.15) is 0 Å². The molecule has 9 nitrogen and oxygen atoms in total. The molecule has 0 N–H and O–H groups in total. The number of hydrogen-bond acceptors (Lipinski definition) is 9. The van der Waals surface area contributed by atoms with Gasteiger partial charge in [-0.05, 0) is 267 Å². The van der Waals surface area contributed by atoms with Crippen molar-refractivity contribution in [1.29, 1.82) is 0 Å². The fourth-order valence-electron chi connectivity index (χ4n) is 20.9. The van der Waals surface area contributed by atoms with Gasteiger partial charge in [0.15, 0.2) is 0 Å². The van der Waals surface area contributed by atoms with Crippen molar-refractivity contribution in [2.75, 3.05) is 44.1 Å². The summed E-state index contributed by atoms with van der Waals surface area (Å²) in [6, 6.07) is 133. The van der Waals surface area contributed by atoms with Gasteiger partial charge in [-0.15, -0.1) is 0 Å². The zero-order chi connectivity index (χ0) is 109. The van der Waals surface area contributed by atoms with Crippen LogP contribution in [0, 0.1) is 0 Å². The van der Waals surface area contributed by atoms with Crippen LogP contribution >= 0.6 is 0 Å². The molecule has 0 bridgehead atoms. The summed E-state index contributed by atoms with van der Waals surface area (Å²) in [5, 5.41) is 0. The fraction of sp³-hybridized carbons (Fsp3) is 0. The van der Waals surface area contributed by atoms with Crippen LogP contribution in [0.25, 0.3) is 0 Å². The summed E-state index contributed by atoms with van der Waals surface area (Å²) in [5.74, 6) is 0. The molecule has 6 aliphatic heterocycles. The highest BCUT2D eigenvalue weighted by molar-refractivity contribution is 7.02. The molecule has 0 aromatic heterocycles. The van der Waals surface area contributed by atoms with Gasteiger partial charge >= 0.3 is 0 Å². The molecule has 6 heterocycles. The van der Waals surface area contributed by atoms with Crippen molar-refractivity contribution in [2.45, 2.75) is 0 Å². The van der Waals surface area contributed by atoms with Gasteiger partial charge in [0, 0.05) is 136 Å². The fourth-order valence-corrected chi connectivity index (χ4v) is 20.9. The number of fused-ring (bicyclic) bond motifs is 12. The van der Waals surface area contributed by atoms with E-state index in [1.165, 1.54) is 44.0 Å². The van der Waals surface area contributed by atoms with E-state index in [9.17, 15) is 5.48 Å². The van der Waals surface area contributed by atoms with E-state index in [0.29, 0.717) is 45.3 Å². The summed E-state index contributed by atoms with van der Waals surface area (Å²) >= 11 is 0. The van der Waals surface area contributed by atoms with Gasteiger partial charge in [0.05, 0.1) is 44.5 Å². The van der Waals surface area contributed by atoms with Crippen LogP contribution in [0.15, 0.2) is 545 Å². The third kappa shape index (κ3) is 14.3. The molecule has 0 unspecified atom stereocenters. The first-order chi connectivity index (χ1) is 76.9. The van der Waals surface area contributed by atoms with Crippen LogP contribution in [-0.4, -0.2) is 20.1 Å². The molecule has 648 valence electrons. The first-order valence-corrected chi connectivity index (χ1v) is 45.8. The van der Waals surface area contributed by atoms with Crippen molar-refractivity contribution in [1.82, 2.24) is 0 Å². The third-order valence-corrected chi connectivity index (χ3v) is 26.3. The quantitative estimate of drug-likeness (QED) is 0.0931. The van der Waals surface area contributed by atoms with Gasteiger partial charge in [-0.1, -0.05) is 327 Å². The van der Waals surface area contributed by atoms with Gasteiger partial charge in [0.25, 0.3) is 20.1 Å². The summed E-state index contributed by atoms with van der Waals surface area (Å²) in [6.45, 7) is -0.616. The molecule has 0 fully saturated rings. The summed E-state index contributed by atoms with van der Waals surface area (Å²) in [5.41, 5.74) is 28.4. The van der Waals surface area contributed by atoms with Crippen LogP contribution in [0.5, 0.6) is 0 Å². The predicted octanol–water partition coefficient (Wildman–Crippen LogP) is 27.7. The lowest BCUT2D eigenvalue weighted by atomic mass is 9.33. The van der Waals surface area contributed by atoms with Crippen molar-refractivity contribution in [3.05, 3.63) is 545 Å². The Kier molecular flexibility index (Phi) is 16.3. The Bertz CT molecular complexity index is 8740. The number of nitrogens with zero attached hydrogens (tertiary/aromatic N) is 9. The van der Waals surface area contributed by atoms with Crippen molar-refractivity contribution in [3.63, 3.8) is 0 Å². The lowest BCUT2D eigenvalue weighted by Gasteiger charge is -2.45. The Morgan fingerprint density at radius 3 is 0.522 bits per heavy atom. The van der Waals surface area contributed by atoms with Gasteiger partial charge in [-0.2, -0.15) is 0 Å². The molecular formula is C126H90B3N9. The molecule has 0 aliphatic carbocycles. The Balaban J connectivity index is 0.000000122. The maximum Gasteiger partial charge on any atom is 0.252 e. The van der Waals surface area contributed by atoms with E-state index < -0.39 is 103 Å². The maximum atomic E-state index is 9.20. The van der Waals surface area contributed by atoms with Crippen LogP contribution in [0.1, 0.15) is 27.4 Å². The van der Waals surface area contributed by atoms with Gasteiger partial charge < -0.3 is 44.1 Å². The normalized spacial score (nSPS) is 14.7. The highest BCUT2D eigenvalue weighted by Gasteiger charge is 2.48. The second-order valence-electron chi connectivity index (χ2n) is 33.9. The Morgan fingerprint density at radius 2 is 0.312 bits per heavy atom. The molecular weight excluding hydrogens is 1670 g/mol. The van der Waals surface area contributed by atoms with E-state index in [1.807, 2.05) is 235 Å². The molecule has 138 heavy (non-hydrogen) atoms. The maximum absolute atomic E-state index is 9.20. The third-order valence-electron chi connectivity index (χ3n) is 26.3. The van der Waals surface area contributed by atoms with Crippen LogP contribution < -0.4 is 93.3 Å². The Morgan fingerprint density at radius 1 is 0.145 bits per heavy atom. The van der Waals surface area contributed by atoms with E-state index >= 15 is 0 Å². The highest BCUT2D eigenvalue weighted by atomic mass is 15.2. The minimum Gasteiger partial charge on any atom is -0.311 e. The van der Waals surface area contributed by atoms with Crippen LogP contribution in [0.2, 0.25) is 0 Å². The molecule has 0 radical (unpaired) electrons. The number of benzene rings is 21. The number of anilines is 27. The average molecular weight is 1780 g/mol. The predicted molar refractivity (Wildman–Crippen MR) is 585 cm³/mol. The highest BCUT2D eigenvalue weighted by Crippen LogP contribution is 2.54. The van der Waals surface area contributed by atoms with E-state index in [0.717, 1.165) is 89.9 Å². The van der Waals surface area contributed by atoms with E-state index in [-0.39, 0.29) is 66.0 Å². The van der Waals surface area contributed by atoms with Crippen molar-refractivity contribution >= 4 is 223 Å². The lowest BCUT2D eigenvalue weighted by molar-refractivity contribution is 1.23. The molecule has 0 saturated heterocycles. The molecule has 0 amide bonds. The Labute approximate surface area is 835 Å². The van der Waals surface area contributed by atoms with E-state index in [4.69, 9.17) is 21.9 Å². The molecule has 21 aromatic carbocycles. The SMILES string of the molecule is [2H]c1c([2H])c([2H])c(N(c2cc3c4c(c2)N(c2ccccc2)c2ccccc2B4c2ccccc2N3c2ccccc2)c2c([2H])c([2H])c([2H])c([2H])c2[2H])c([2H])c1[2H].[2H]c1c([2H])c([2H])c(N2c3ccccc3B3c4ccccc4N(c4c([2H])c([2H])c([2H])c([2H])c4[2H])c4cc(N(c5ccccc5)c5ccccc5)cc2c43)c([2H])c1[2H].c1ccc(N(c2ccccc2)c2cc3c4c(c2)N(c2ccccc2)c2ccccc2B4c2ccccc2N3c2ccccc2)cc1. The van der Waals surface area contributed by atoms with Gasteiger partial charge in [0.2, 0.25) is 0 Å². The summed E-state index contributed by atoms with van der Waals surface area (Å²) < 4.78 is 176. The lowest BCUT2D eigenvalue weighted by Crippen LogP contribution is -2.61. The van der Waals surface area contributed by atoms with Gasteiger partial charge in [-0.25, -0.2) is 0 Å². The smallest absolute Gasteiger partial charge is 0.252 e. The molecule has 0 spiro atoms. The monoisotopic (exact) mass is 1780 g/mol. The van der Waals surface area contributed by atoms with E-state index in [1.54, 1.807) is 9.80 Å².